The minimum Gasteiger partial charge on any atom is -0.370 e. The number of amides is 1. The molecule has 0 radical (unpaired) electrons. The minimum atomic E-state index is -0.623. The van der Waals surface area contributed by atoms with Gasteiger partial charge in [0.05, 0.1) is 5.70 Å². The summed E-state index contributed by atoms with van der Waals surface area (Å²) in [4.78, 5) is 23.4. The van der Waals surface area contributed by atoms with Crippen LogP contribution in [0.1, 0.15) is 48.7 Å². The molecule has 1 saturated heterocycles. The van der Waals surface area contributed by atoms with E-state index in [0.29, 0.717) is 11.5 Å². The van der Waals surface area contributed by atoms with Gasteiger partial charge in [0.25, 0.3) is 5.91 Å². The highest BCUT2D eigenvalue weighted by Crippen LogP contribution is 2.17. The number of hydrogen-bond donors (Lipinski definition) is 1. The van der Waals surface area contributed by atoms with Gasteiger partial charge in [0.2, 0.25) is 0 Å². The third kappa shape index (κ3) is 8.25. The SMILES string of the molecule is C=C(F)C(=C)CNC(=O)c1ccnc(CC(/C=C/C=C(\C=NC)N2CCCC2)CCC)c1. The standard InChI is InChI=1S/C26H35FN4O/c1-5-9-22(10-8-11-25(19-28-4)31-14-6-7-15-31)16-24-17-23(12-13-29-24)26(32)30-18-20(2)21(3)27/h8,10-13,17,19,22H,2-3,5-7,9,14-16,18H2,1,4H3,(H,30,32)/b10-8+,25-11+,28-19?. The molecule has 0 aromatic carbocycles. The van der Waals surface area contributed by atoms with Crippen LogP contribution in [0.5, 0.6) is 0 Å². The molecule has 1 aliphatic heterocycles. The lowest BCUT2D eigenvalue weighted by Gasteiger charge is -2.17. The van der Waals surface area contributed by atoms with Gasteiger partial charge in [-0.2, -0.15) is 0 Å². The van der Waals surface area contributed by atoms with Crippen molar-refractivity contribution < 1.29 is 9.18 Å². The molecule has 6 heteroatoms. The molecule has 0 bridgehead atoms. The number of rotatable bonds is 12. The Morgan fingerprint density at radius 2 is 2.12 bits per heavy atom. The molecule has 1 aliphatic rings. The number of carbonyl (C=O) groups is 1. The number of pyridine rings is 1. The van der Waals surface area contributed by atoms with Crippen LogP contribution < -0.4 is 5.32 Å². The first-order chi connectivity index (χ1) is 15.4. The van der Waals surface area contributed by atoms with Gasteiger partial charge >= 0.3 is 0 Å². The van der Waals surface area contributed by atoms with Crippen molar-refractivity contribution >= 4 is 12.1 Å². The molecule has 1 atom stereocenters. The third-order valence-corrected chi connectivity index (χ3v) is 5.44. The predicted molar refractivity (Wildman–Crippen MR) is 131 cm³/mol. The third-order valence-electron chi connectivity index (χ3n) is 5.44. The van der Waals surface area contributed by atoms with Crippen LogP contribution in [0.15, 0.2) is 71.8 Å². The first-order valence-corrected chi connectivity index (χ1v) is 11.3. The van der Waals surface area contributed by atoms with Crippen LogP contribution in [-0.2, 0) is 6.42 Å². The molecule has 0 aliphatic carbocycles. The second-order valence-corrected chi connectivity index (χ2v) is 8.04. The molecule has 32 heavy (non-hydrogen) atoms. The fraction of sp³-hybridized carbons (Fsp3) is 0.423. The van der Waals surface area contributed by atoms with Gasteiger partial charge < -0.3 is 10.2 Å². The number of nitrogens with one attached hydrogen (secondary N) is 1. The van der Waals surface area contributed by atoms with Gasteiger partial charge in [-0.1, -0.05) is 38.7 Å². The summed E-state index contributed by atoms with van der Waals surface area (Å²) in [6, 6.07) is 3.46. The monoisotopic (exact) mass is 438 g/mol. The van der Waals surface area contributed by atoms with Crippen LogP contribution in [0.25, 0.3) is 0 Å². The fourth-order valence-corrected chi connectivity index (χ4v) is 3.67. The fourth-order valence-electron chi connectivity index (χ4n) is 3.67. The number of likely N-dealkylation sites (tertiary alicyclic amines) is 1. The Kier molecular flexibility index (Phi) is 10.6. The highest BCUT2D eigenvalue weighted by Gasteiger charge is 2.13. The summed E-state index contributed by atoms with van der Waals surface area (Å²) in [5, 5.41) is 2.67. The van der Waals surface area contributed by atoms with Crippen molar-refractivity contribution in [2.24, 2.45) is 10.9 Å². The van der Waals surface area contributed by atoms with Crippen LogP contribution in [-0.4, -0.2) is 48.7 Å². The molecule has 1 N–H and O–H groups in total. The molecule has 1 aromatic rings. The molecule has 1 fully saturated rings. The van der Waals surface area contributed by atoms with E-state index in [1.807, 2.05) is 6.21 Å². The molecular formula is C26H35FN4O. The Balaban J connectivity index is 2.05. The summed E-state index contributed by atoms with van der Waals surface area (Å²) in [5.41, 5.74) is 2.66. The van der Waals surface area contributed by atoms with Crippen LogP contribution in [0, 0.1) is 5.92 Å². The lowest BCUT2D eigenvalue weighted by Crippen LogP contribution is -2.25. The van der Waals surface area contributed by atoms with Crippen LogP contribution in [0.2, 0.25) is 0 Å². The number of aromatic nitrogens is 1. The molecule has 172 valence electrons. The Labute approximate surface area is 191 Å². The van der Waals surface area contributed by atoms with Crippen molar-refractivity contribution in [3.63, 3.8) is 0 Å². The normalized spacial score (nSPS) is 15.5. The second kappa shape index (κ2) is 13.4. The van der Waals surface area contributed by atoms with Crippen LogP contribution in [0.4, 0.5) is 4.39 Å². The first kappa shape index (κ1) is 25.2. The molecule has 5 nitrogen and oxygen atoms in total. The quantitative estimate of drug-likeness (QED) is 0.367. The van der Waals surface area contributed by atoms with Crippen molar-refractivity contribution in [2.75, 3.05) is 26.7 Å². The van der Waals surface area contributed by atoms with Gasteiger partial charge in [-0.15, -0.1) is 0 Å². The van der Waals surface area contributed by atoms with E-state index < -0.39 is 5.83 Å². The van der Waals surface area contributed by atoms with E-state index in [-0.39, 0.29) is 18.0 Å². The Hall–Kier alpha value is -3.02. The number of allylic oxidation sites excluding steroid dienone is 4. The average Bonchev–Trinajstić information content (AvgIpc) is 3.31. The maximum absolute atomic E-state index is 13.0. The minimum absolute atomic E-state index is 0.0275. The molecule has 2 heterocycles. The lowest BCUT2D eigenvalue weighted by molar-refractivity contribution is 0.0957. The van der Waals surface area contributed by atoms with Crippen molar-refractivity contribution in [1.82, 2.24) is 15.2 Å². The molecular weight excluding hydrogens is 403 g/mol. The zero-order valence-electron chi connectivity index (χ0n) is 19.3. The maximum atomic E-state index is 13.0. The van der Waals surface area contributed by atoms with E-state index in [4.69, 9.17) is 0 Å². The van der Waals surface area contributed by atoms with E-state index in [9.17, 15) is 9.18 Å². The summed E-state index contributed by atoms with van der Waals surface area (Å²) in [6.45, 7) is 11.1. The predicted octanol–water partition coefficient (Wildman–Crippen LogP) is 5.05. The summed E-state index contributed by atoms with van der Waals surface area (Å²) < 4.78 is 13.0. The van der Waals surface area contributed by atoms with Crippen molar-refractivity contribution in [3.05, 3.63) is 78.1 Å². The maximum Gasteiger partial charge on any atom is 0.251 e. The zero-order valence-corrected chi connectivity index (χ0v) is 19.3. The highest BCUT2D eigenvalue weighted by molar-refractivity contribution is 5.94. The number of hydrogen-bond acceptors (Lipinski definition) is 4. The highest BCUT2D eigenvalue weighted by atomic mass is 19.1. The largest absolute Gasteiger partial charge is 0.370 e. The number of aliphatic imine (C=N–C) groups is 1. The molecule has 0 spiro atoms. The van der Waals surface area contributed by atoms with Crippen LogP contribution in [0.3, 0.4) is 0 Å². The van der Waals surface area contributed by atoms with Crippen molar-refractivity contribution in [3.8, 4) is 0 Å². The van der Waals surface area contributed by atoms with Gasteiger partial charge in [0.15, 0.2) is 0 Å². The first-order valence-electron chi connectivity index (χ1n) is 11.3. The Bertz CT molecular complexity index is 882. The smallest absolute Gasteiger partial charge is 0.251 e. The topological polar surface area (TPSA) is 57.6 Å². The van der Waals surface area contributed by atoms with Gasteiger partial charge in [-0.05, 0) is 55.4 Å². The van der Waals surface area contributed by atoms with E-state index in [0.717, 1.165) is 43.7 Å². The second-order valence-electron chi connectivity index (χ2n) is 8.04. The summed E-state index contributed by atoms with van der Waals surface area (Å²) in [7, 11) is 1.80. The summed E-state index contributed by atoms with van der Waals surface area (Å²) in [5.74, 6) is -0.590. The Morgan fingerprint density at radius 3 is 2.78 bits per heavy atom. The van der Waals surface area contributed by atoms with Crippen molar-refractivity contribution in [1.29, 1.82) is 0 Å². The number of carbonyl (C=O) groups excluding carboxylic acids is 1. The van der Waals surface area contributed by atoms with E-state index in [1.54, 1.807) is 25.4 Å². The molecule has 1 unspecified atom stereocenters. The molecule has 1 amide bonds. The van der Waals surface area contributed by atoms with Gasteiger partial charge in [-0.3, -0.25) is 14.8 Å². The Morgan fingerprint density at radius 1 is 1.38 bits per heavy atom. The zero-order chi connectivity index (χ0) is 23.3. The van der Waals surface area contributed by atoms with E-state index >= 15 is 0 Å². The molecule has 1 aromatic heterocycles. The van der Waals surface area contributed by atoms with E-state index in [2.05, 4.69) is 58.5 Å². The number of halogens is 1. The number of nitrogens with zero attached hydrogens (tertiary/aromatic N) is 3. The van der Waals surface area contributed by atoms with Crippen LogP contribution >= 0.6 is 0 Å². The van der Waals surface area contributed by atoms with Gasteiger partial charge in [-0.25, -0.2) is 4.39 Å². The summed E-state index contributed by atoms with van der Waals surface area (Å²) >= 11 is 0. The van der Waals surface area contributed by atoms with Crippen molar-refractivity contribution in [2.45, 2.75) is 39.0 Å². The van der Waals surface area contributed by atoms with E-state index in [1.165, 1.54) is 12.8 Å². The summed E-state index contributed by atoms with van der Waals surface area (Å²) in [6.07, 6.45) is 15.3. The average molecular weight is 439 g/mol. The van der Waals surface area contributed by atoms with Gasteiger partial charge in [0, 0.05) is 50.4 Å². The van der Waals surface area contributed by atoms with Gasteiger partial charge in [0.1, 0.15) is 5.83 Å². The molecule has 2 rings (SSSR count). The molecule has 0 saturated carbocycles. The lowest BCUT2D eigenvalue weighted by atomic mass is 9.96.